The molecule has 1 N–H and O–H groups in total. The Labute approximate surface area is 114 Å². The molecule has 0 saturated carbocycles. The minimum atomic E-state index is 0.196. The Bertz CT molecular complexity index is 526. The van der Waals surface area contributed by atoms with Crippen molar-refractivity contribution in [3.63, 3.8) is 0 Å². The summed E-state index contributed by atoms with van der Waals surface area (Å²) >= 11 is 0. The highest BCUT2D eigenvalue weighted by Crippen LogP contribution is 2.31. The van der Waals surface area contributed by atoms with Crippen molar-refractivity contribution in [3.05, 3.63) is 54.1 Å². The topological polar surface area (TPSA) is 30.5 Å². The van der Waals surface area contributed by atoms with Crippen molar-refractivity contribution in [1.29, 1.82) is 0 Å². The largest absolute Gasteiger partial charge is 0.497 e. The van der Waals surface area contributed by atoms with Gasteiger partial charge in [-0.3, -0.25) is 0 Å². The van der Waals surface area contributed by atoms with Crippen LogP contribution in [0.15, 0.2) is 48.5 Å². The normalized spacial score (nSPS) is 11.7. The number of hydrogen-bond donors (Lipinski definition) is 1. The van der Waals surface area contributed by atoms with E-state index < -0.39 is 0 Å². The zero-order valence-corrected chi connectivity index (χ0v) is 11.5. The van der Waals surface area contributed by atoms with E-state index >= 15 is 0 Å². The van der Waals surface area contributed by atoms with Crippen molar-refractivity contribution in [2.45, 2.75) is 13.0 Å². The molecule has 100 valence electrons. The lowest BCUT2D eigenvalue weighted by Gasteiger charge is -2.18. The van der Waals surface area contributed by atoms with Gasteiger partial charge in [-0.2, -0.15) is 0 Å². The minimum Gasteiger partial charge on any atom is -0.497 e. The van der Waals surface area contributed by atoms with Gasteiger partial charge < -0.3 is 14.8 Å². The molecule has 2 aromatic rings. The van der Waals surface area contributed by atoms with Crippen LogP contribution >= 0.6 is 0 Å². The summed E-state index contributed by atoms with van der Waals surface area (Å²) in [6.45, 7) is 2.12. The number of hydrogen-bond acceptors (Lipinski definition) is 3. The number of nitrogens with one attached hydrogen (secondary N) is 1. The lowest BCUT2D eigenvalue weighted by atomic mass is 10.1. The molecular weight excluding hydrogens is 238 g/mol. The molecule has 0 aromatic heterocycles. The fraction of sp³-hybridized carbons (Fsp3) is 0.250. The Kier molecular flexibility index (Phi) is 4.29. The molecule has 3 nitrogen and oxygen atoms in total. The molecule has 1 unspecified atom stereocenters. The molecule has 0 bridgehead atoms. The van der Waals surface area contributed by atoms with E-state index in [1.165, 1.54) is 5.56 Å². The molecule has 0 heterocycles. The van der Waals surface area contributed by atoms with Gasteiger partial charge in [-0.15, -0.1) is 0 Å². The fourth-order valence-corrected chi connectivity index (χ4v) is 1.99. The molecule has 2 aromatic carbocycles. The average Bonchev–Trinajstić information content (AvgIpc) is 2.48. The molecule has 0 aliphatic carbocycles. The number of ether oxygens (including phenoxy) is 2. The highest BCUT2D eigenvalue weighted by molar-refractivity contribution is 5.60. The first-order chi connectivity index (χ1) is 9.24. The van der Waals surface area contributed by atoms with E-state index in [2.05, 4.69) is 24.4 Å². The molecule has 0 spiro atoms. The number of methoxy groups -OCH3 is 2. The van der Waals surface area contributed by atoms with Crippen LogP contribution in [0.5, 0.6) is 11.5 Å². The van der Waals surface area contributed by atoms with E-state index in [-0.39, 0.29) is 6.04 Å². The highest BCUT2D eigenvalue weighted by Gasteiger charge is 2.09. The summed E-state index contributed by atoms with van der Waals surface area (Å²) in [7, 11) is 3.33. The second-order valence-electron chi connectivity index (χ2n) is 4.34. The fourth-order valence-electron chi connectivity index (χ4n) is 1.99. The van der Waals surface area contributed by atoms with Crippen molar-refractivity contribution in [3.8, 4) is 11.5 Å². The van der Waals surface area contributed by atoms with Gasteiger partial charge in [0.1, 0.15) is 11.5 Å². The summed E-state index contributed by atoms with van der Waals surface area (Å²) in [6, 6.07) is 16.2. The van der Waals surface area contributed by atoms with Crippen LogP contribution in [0.25, 0.3) is 0 Å². The van der Waals surface area contributed by atoms with Crippen LogP contribution < -0.4 is 14.8 Å². The number of rotatable bonds is 5. The summed E-state index contributed by atoms with van der Waals surface area (Å²) in [4.78, 5) is 0. The van der Waals surface area contributed by atoms with E-state index in [9.17, 15) is 0 Å². The maximum absolute atomic E-state index is 5.36. The molecule has 19 heavy (non-hydrogen) atoms. The van der Waals surface area contributed by atoms with Crippen LogP contribution in [-0.4, -0.2) is 14.2 Å². The van der Waals surface area contributed by atoms with Crippen LogP contribution in [0.2, 0.25) is 0 Å². The SMILES string of the molecule is COc1ccc(OC)c(NC(C)c2ccccc2)c1. The van der Waals surface area contributed by atoms with E-state index in [0.29, 0.717) is 0 Å². The summed E-state index contributed by atoms with van der Waals surface area (Å²) in [5.74, 6) is 1.62. The third-order valence-corrected chi connectivity index (χ3v) is 3.08. The predicted octanol–water partition coefficient (Wildman–Crippen LogP) is 3.88. The monoisotopic (exact) mass is 257 g/mol. The van der Waals surface area contributed by atoms with Crippen LogP contribution in [0.3, 0.4) is 0 Å². The number of anilines is 1. The minimum absolute atomic E-state index is 0.196. The summed E-state index contributed by atoms with van der Waals surface area (Å²) in [5, 5.41) is 3.45. The first-order valence-electron chi connectivity index (χ1n) is 6.28. The van der Waals surface area contributed by atoms with E-state index in [1.54, 1.807) is 14.2 Å². The Hall–Kier alpha value is -2.16. The van der Waals surface area contributed by atoms with Crippen LogP contribution in [-0.2, 0) is 0 Å². The molecule has 0 saturated heterocycles. The Morgan fingerprint density at radius 3 is 2.32 bits per heavy atom. The molecule has 0 aliphatic heterocycles. The smallest absolute Gasteiger partial charge is 0.142 e. The Morgan fingerprint density at radius 1 is 0.947 bits per heavy atom. The molecule has 1 atom stereocenters. The van der Waals surface area contributed by atoms with E-state index in [1.807, 2.05) is 36.4 Å². The second kappa shape index (κ2) is 6.14. The van der Waals surface area contributed by atoms with Gasteiger partial charge in [0.15, 0.2) is 0 Å². The standard InChI is InChI=1S/C16H19NO2/c1-12(13-7-5-4-6-8-13)17-15-11-14(18-2)9-10-16(15)19-3/h4-12,17H,1-3H3. The first-order valence-corrected chi connectivity index (χ1v) is 6.28. The lowest BCUT2D eigenvalue weighted by Crippen LogP contribution is -2.07. The highest BCUT2D eigenvalue weighted by atomic mass is 16.5. The zero-order valence-electron chi connectivity index (χ0n) is 11.5. The van der Waals surface area contributed by atoms with E-state index in [4.69, 9.17) is 9.47 Å². The number of benzene rings is 2. The molecule has 2 rings (SSSR count). The van der Waals surface area contributed by atoms with Gasteiger partial charge in [-0.1, -0.05) is 30.3 Å². The van der Waals surface area contributed by atoms with Crippen molar-refractivity contribution in [2.75, 3.05) is 19.5 Å². The van der Waals surface area contributed by atoms with Gasteiger partial charge in [0, 0.05) is 12.1 Å². The van der Waals surface area contributed by atoms with Crippen molar-refractivity contribution >= 4 is 5.69 Å². The van der Waals surface area contributed by atoms with Gasteiger partial charge in [-0.25, -0.2) is 0 Å². The van der Waals surface area contributed by atoms with Gasteiger partial charge in [0.25, 0.3) is 0 Å². The van der Waals surface area contributed by atoms with Crippen molar-refractivity contribution in [2.24, 2.45) is 0 Å². The quantitative estimate of drug-likeness (QED) is 0.881. The summed E-state index contributed by atoms with van der Waals surface area (Å²) in [5.41, 5.74) is 2.16. The average molecular weight is 257 g/mol. The van der Waals surface area contributed by atoms with Crippen LogP contribution in [0.1, 0.15) is 18.5 Å². The summed E-state index contributed by atoms with van der Waals surface area (Å²) < 4.78 is 10.6. The predicted molar refractivity (Wildman–Crippen MR) is 78.0 cm³/mol. The van der Waals surface area contributed by atoms with Gasteiger partial charge in [-0.05, 0) is 24.6 Å². The van der Waals surface area contributed by atoms with Crippen LogP contribution in [0.4, 0.5) is 5.69 Å². The molecular formula is C16H19NO2. The Morgan fingerprint density at radius 2 is 1.68 bits per heavy atom. The van der Waals surface area contributed by atoms with Crippen molar-refractivity contribution in [1.82, 2.24) is 0 Å². The third kappa shape index (κ3) is 3.19. The van der Waals surface area contributed by atoms with Gasteiger partial charge >= 0.3 is 0 Å². The Balaban J connectivity index is 2.22. The zero-order chi connectivity index (χ0) is 13.7. The molecule has 0 radical (unpaired) electrons. The maximum Gasteiger partial charge on any atom is 0.142 e. The van der Waals surface area contributed by atoms with Crippen molar-refractivity contribution < 1.29 is 9.47 Å². The van der Waals surface area contributed by atoms with E-state index in [0.717, 1.165) is 17.2 Å². The lowest BCUT2D eigenvalue weighted by molar-refractivity contribution is 0.404. The third-order valence-electron chi connectivity index (χ3n) is 3.08. The first kappa shape index (κ1) is 13.3. The maximum atomic E-state index is 5.36. The molecule has 0 aliphatic rings. The van der Waals surface area contributed by atoms with Gasteiger partial charge in [0.2, 0.25) is 0 Å². The molecule has 3 heteroatoms. The second-order valence-corrected chi connectivity index (χ2v) is 4.34. The van der Waals surface area contributed by atoms with Gasteiger partial charge in [0.05, 0.1) is 19.9 Å². The molecule has 0 fully saturated rings. The summed E-state index contributed by atoms with van der Waals surface area (Å²) in [6.07, 6.45) is 0. The molecule has 0 amide bonds. The van der Waals surface area contributed by atoms with Crippen LogP contribution in [0, 0.1) is 0 Å².